The smallest absolute Gasteiger partial charge is 0.234 e. The summed E-state index contributed by atoms with van der Waals surface area (Å²) >= 11 is 0. The number of nitrogens with one attached hydrogen (secondary N) is 1. The van der Waals surface area contributed by atoms with E-state index >= 15 is 0 Å². The zero-order valence-corrected chi connectivity index (χ0v) is 11.3. The molecular formula is C14H22N2O2. The topological polar surface area (TPSA) is 52.6 Å². The second-order valence-electron chi connectivity index (χ2n) is 4.74. The van der Waals surface area contributed by atoms with Gasteiger partial charge >= 0.3 is 0 Å². The highest BCUT2D eigenvalue weighted by atomic mass is 16.3. The Hall–Kier alpha value is -1.39. The number of rotatable bonds is 6. The third-order valence-electron chi connectivity index (χ3n) is 2.95. The minimum atomic E-state index is -0.653. The van der Waals surface area contributed by atoms with Crippen molar-refractivity contribution in [2.45, 2.75) is 26.0 Å². The number of aliphatic hydroxyl groups is 1. The lowest BCUT2D eigenvalue weighted by Gasteiger charge is -2.20. The molecule has 2 N–H and O–H groups in total. The summed E-state index contributed by atoms with van der Waals surface area (Å²) < 4.78 is 0. The Bertz CT molecular complexity index is 365. The number of carbonyl (C=O) groups excluding carboxylic acids is 1. The van der Waals surface area contributed by atoms with Gasteiger partial charge in [-0.1, -0.05) is 30.3 Å². The fourth-order valence-corrected chi connectivity index (χ4v) is 1.47. The molecule has 4 nitrogen and oxygen atoms in total. The number of amides is 1. The maximum absolute atomic E-state index is 11.6. The maximum atomic E-state index is 11.6. The predicted molar refractivity (Wildman–Crippen MR) is 72.2 cm³/mol. The molecule has 0 radical (unpaired) electrons. The van der Waals surface area contributed by atoms with Gasteiger partial charge in [-0.25, -0.2) is 0 Å². The van der Waals surface area contributed by atoms with Crippen molar-refractivity contribution >= 4 is 5.91 Å². The Labute approximate surface area is 109 Å². The normalized spacial score (nSPS) is 12.8. The van der Waals surface area contributed by atoms with Gasteiger partial charge in [0.15, 0.2) is 0 Å². The molecule has 1 rings (SSSR count). The molecule has 0 aliphatic carbocycles. The van der Waals surface area contributed by atoms with E-state index in [1.54, 1.807) is 0 Å². The molecule has 0 aliphatic rings. The van der Waals surface area contributed by atoms with Gasteiger partial charge in [-0.05, 0) is 26.5 Å². The summed E-state index contributed by atoms with van der Waals surface area (Å²) in [7, 11) is 1.90. The van der Waals surface area contributed by atoms with Gasteiger partial charge < -0.3 is 10.4 Å². The van der Waals surface area contributed by atoms with Gasteiger partial charge in [0.25, 0.3) is 0 Å². The molecule has 0 bridgehead atoms. The Morgan fingerprint density at radius 2 is 1.94 bits per heavy atom. The summed E-state index contributed by atoms with van der Waals surface area (Å²) in [5.74, 6) is -0.0684. The van der Waals surface area contributed by atoms with Crippen LogP contribution in [-0.4, -0.2) is 42.1 Å². The number of aliphatic hydroxyl groups excluding tert-OH is 1. The molecule has 0 heterocycles. The van der Waals surface area contributed by atoms with Crippen LogP contribution in [0.2, 0.25) is 0 Å². The summed E-state index contributed by atoms with van der Waals surface area (Å²) in [5.41, 5.74) is 0.815. The van der Waals surface area contributed by atoms with Crippen LogP contribution in [-0.2, 0) is 4.79 Å². The second kappa shape index (κ2) is 7.13. The van der Waals surface area contributed by atoms with E-state index in [2.05, 4.69) is 5.32 Å². The van der Waals surface area contributed by atoms with Crippen molar-refractivity contribution in [3.63, 3.8) is 0 Å². The van der Waals surface area contributed by atoms with Crippen molar-refractivity contribution in [1.29, 1.82) is 0 Å². The summed E-state index contributed by atoms with van der Waals surface area (Å²) in [6.07, 6.45) is -0.653. The Kier molecular flexibility index (Phi) is 5.82. The first-order chi connectivity index (χ1) is 8.50. The number of nitrogens with zero attached hydrogens (tertiary/aromatic N) is 1. The second-order valence-corrected chi connectivity index (χ2v) is 4.74. The Morgan fingerprint density at radius 3 is 2.50 bits per heavy atom. The van der Waals surface area contributed by atoms with Gasteiger partial charge in [0, 0.05) is 12.6 Å². The van der Waals surface area contributed by atoms with Crippen molar-refractivity contribution in [3.05, 3.63) is 35.9 Å². The number of carbonyl (C=O) groups is 1. The molecule has 18 heavy (non-hydrogen) atoms. The molecule has 4 heteroatoms. The van der Waals surface area contributed by atoms with E-state index in [0.717, 1.165) is 5.56 Å². The zero-order valence-electron chi connectivity index (χ0n) is 11.3. The van der Waals surface area contributed by atoms with Crippen molar-refractivity contribution in [3.8, 4) is 0 Å². The highest BCUT2D eigenvalue weighted by Crippen LogP contribution is 2.10. The van der Waals surface area contributed by atoms with E-state index in [1.165, 1.54) is 0 Å². The van der Waals surface area contributed by atoms with Gasteiger partial charge in [-0.2, -0.15) is 0 Å². The molecule has 0 saturated carbocycles. The number of hydrogen-bond donors (Lipinski definition) is 2. The summed E-state index contributed by atoms with van der Waals surface area (Å²) in [6.45, 7) is 4.66. The molecule has 0 saturated heterocycles. The molecule has 0 spiro atoms. The van der Waals surface area contributed by atoms with Crippen LogP contribution in [0, 0.1) is 0 Å². The van der Waals surface area contributed by atoms with Crippen molar-refractivity contribution in [2.75, 3.05) is 20.1 Å². The van der Waals surface area contributed by atoms with Gasteiger partial charge in [-0.15, -0.1) is 0 Å². The molecule has 100 valence electrons. The molecule has 1 unspecified atom stereocenters. The quantitative estimate of drug-likeness (QED) is 0.797. The summed E-state index contributed by atoms with van der Waals surface area (Å²) in [6, 6.07) is 9.65. The van der Waals surface area contributed by atoms with Crippen LogP contribution >= 0.6 is 0 Å². The van der Waals surface area contributed by atoms with Gasteiger partial charge in [0.05, 0.1) is 12.6 Å². The first-order valence-electron chi connectivity index (χ1n) is 6.20. The molecule has 0 aromatic heterocycles. The molecule has 1 amide bonds. The summed E-state index contributed by atoms with van der Waals surface area (Å²) in [5, 5.41) is 12.6. The predicted octanol–water partition coefficient (Wildman–Crippen LogP) is 1.18. The van der Waals surface area contributed by atoms with Crippen molar-refractivity contribution in [1.82, 2.24) is 10.2 Å². The SMILES string of the molecule is CC(C)N(C)CC(=O)NCC(O)c1ccccc1. The fourth-order valence-electron chi connectivity index (χ4n) is 1.47. The van der Waals surface area contributed by atoms with Gasteiger partial charge in [0.1, 0.15) is 0 Å². The van der Waals surface area contributed by atoms with Crippen LogP contribution < -0.4 is 5.32 Å². The van der Waals surface area contributed by atoms with E-state index in [9.17, 15) is 9.90 Å². The summed E-state index contributed by atoms with van der Waals surface area (Å²) in [4.78, 5) is 13.6. The number of benzene rings is 1. The van der Waals surface area contributed by atoms with Crippen molar-refractivity contribution < 1.29 is 9.90 Å². The average molecular weight is 250 g/mol. The maximum Gasteiger partial charge on any atom is 0.234 e. The molecule has 1 aromatic carbocycles. The van der Waals surface area contributed by atoms with E-state index in [4.69, 9.17) is 0 Å². The van der Waals surface area contributed by atoms with Gasteiger partial charge in [0.2, 0.25) is 5.91 Å². The Balaban J connectivity index is 2.35. The lowest BCUT2D eigenvalue weighted by molar-refractivity contribution is -0.122. The molecule has 1 aromatic rings. The molecule has 0 aliphatic heterocycles. The van der Waals surface area contributed by atoms with E-state index in [0.29, 0.717) is 12.6 Å². The molecule has 1 atom stereocenters. The zero-order chi connectivity index (χ0) is 13.5. The van der Waals surface area contributed by atoms with E-state index in [1.807, 2.05) is 56.1 Å². The van der Waals surface area contributed by atoms with Crippen LogP contribution in [0.25, 0.3) is 0 Å². The lowest BCUT2D eigenvalue weighted by atomic mass is 10.1. The standard InChI is InChI=1S/C14H22N2O2/c1-11(2)16(3)10-14(18)15-9-13(17)12-7-5-4-6-8-12/h4-8,11,13,17H,9-10H2,1-3H3,(H,15,18). The van der Waals surface area contributed by atoms with Crippen LogP contribution in [0.15, 0.2) is 30.3 Å². The number of likely N-dealkylation sites (N-methyl/N-ethyl adjacent to an activating group) is 1. The lowest BCUT2D eigenvalue weighted by Crippen LogP contribution is -2.39. The third kappa shape index (κ3) is 4.85. The van der Waals surface area contributed by atoms with Crippen LogP contribution in [0.5, 0.6) is 0 Å². The highest BCUT2D eigenvalue weighted by Gasteiger charge is 2.11. The fraction of sp³-hybridized carbons (Fsp3) is 0.500. The van der Waals surface area contributed by atoms with E-state index in [-0.39, 0.29) is 12.5 Å². The molecule has 0 fully saturated rings. The number of hydrogen-bond acceptors (Lipinski definition) is 3. The minimum Gasteiger partial charge on any atom is -0.387 e. The Morgan fingerprint density at radius 1 is 1.33 bits per heavy atom. The van der Waals surface area contributed by atoms with E-state index < -0.39 is 6.10 Å². The first kappa shape index (κ1) is 14.7. The largest absolute Gasteiger partial charge is 0.387 e. The minimum absolute atomic E-state index is 0.0684. The van der Waals surface area contributed by atoms with Crippen LogP contribution in [0.3, 0.4) is 0 Å². The molecular weight excluding hydrogens is 228 g/mol. The van der Waals surface area contributed by atoms with Crippen molar-refractivity contribution in [2.24, 2.45) is 0 Å². The first-order valence-corrected chi connectivity index (χ1v) is 6.20. The third-order valence-corrected chi connectivity index (χ3v) is 2.95. The monoisotopic (exact) mass is 250 g/mol. The van der Waals surface area contributed by atoms with Gasteiger partial charge in [-0.3, -0.25) is 9.69 Å². The highest BCUT2D eigenvalue weighted by molar-refractivity contribution is 5.78. The van der Waals surface area contributed by atoms with Crippen LogP contribution in [0.4, 0.5) is 0 Å². The average Bonchev–Trinajstić information content (AvgIpc) is 2.36. The van der Waals surface area contributed by atoms with Crippen LogP contribution in [0.1, 0.15) is 25.5 Å².